The van der Waals surface area contributed by atoms with Crippen molar-refractivity contribution in [2.75, 3.05) is 6.61 Å². The Hall–Kier alpha value is -1.85. The quantitative estimate of drug-likeness (QED) is 0.593. The highest BCUT2D eigenvalue weighted by Gasteiger charge is 2.30. The summed E-state index contributed by atoms with van der Waals surface area (Å²) < 4.78 is 41.8. The molecule has 0 bridgehead atoms. The van der Waals surface area contributed by atoms with Crippen molar-refractivity contribution < 1.29 is 27.5 Å². The zero-order chi connectivity index (χ0) is 15.2. The lowest BCUT2D eigenvalue weighted by Crippen LogP contribution is -2.09. The summed E-state index contributed by atoms with van der Waals surface area (Å²) in [5.74, 6) is -0.862. The summed E-state index contributed by atoms with van der Waals surface area (Å²) in [7, 11) is 0. The van der Waals surface area contributed by atoms with Gasteiger partial charge in [0.2, 0.25) is 0 Å². The number of carbonyl (C=O) groups excluding carboxylic acids is 2. The van der Waals surface area contributed by atoms with Crippen molar-refractivity contribution in [3.05, 3.63) is 35.4 Å². The normalized spacial score (nSPS) is 11.2. The smallest absolute Gasteiger partial charge is 0.416 e. The highest BCUT2D eigenvalue weighted by atomic mass is 19.4. The molecule has 0 aromatic heterocycles. The summed E-state index contributed by atoms with van der Waals surface area (Å²) in [5.41, 5.74) is -0.655. The minimum atomic E-state index is -4.43. The molecular formula is C14H15F3O3. The first-order chi connectivity index (χ1) is 9.34. The van der Waals surface area contributed by atoms with Crippen LogP contribution in [0, 0.1) is 0 Å². The van der Waals surface area contributed by atoms with Gasteiger partial charge in [-0.3, -0.25) is 9.59 Å². The fourth-order valence-electron chi connectivity index (χ4n) is 1.49. The Labute approximate surface area is 114 Å². The summed E-state index contributed by atoms with van der Waals surface area (Å²) in [6.07, 6.45) is -3.88. The third-order valence-electron chi connectivity index (χ3n) is 2.56. The molecule has 1 aromatic carbocycles. The number of ether oxygens (including phenoxy) is 1. The van der Waals surface area contributed by atoms with E-state index >= 15 is 0 Å². The van der Waals surface area contributed by atoms with Gasteiger partial charge in [-0.25, -0.2) is 0 Å². The molecule has 0 amide bonds. The van der Waals surface area contributed by atoms with E-state index in [1.165, 1.54) is 0 Å². The second kappa shape index (κ2) is 7.07. The Morgan fingerprint density at radius 3 is 2.20 bits per heavy atom. The largest absolute Gasteiger partial charge is 0.466 e. The number of esters is 1. The molecule has 0 heterocycles. The highest BCUT2D eigenvalue weighted by molar-refractivity contribution is 5.97. The predicted octanol–water partition coefficient (Wildman–Crippen LogP) is 3.62. The van der Waals surface area contributed by atoms with Crippen molar-refractivity contribution in [1.29, 1.82) is 0 Å². The first-order valence-electron chi connectivity index (χ1n) is 6.20. The first-order valence-corrected chi connectivity index (χ1v) is 6.20. The molecule has 0 aliphatic carbocycles. The third-order valence-corrected chi connectivity index (χ3v) is 2.56. The van der Waals surface area contributed by atoms with Crippen LogP contribution < -0.4 is 0 Å². The van der Waals surface area contributed by atoms with Crippen molar-refractivity contribution in [2.45, 2.75) is 32.4 Å². The number of halogens is 3. The van der Waals surface area contributed by atoms with Gasteiger partial charge in [0, 0.05) is 12.0 Å². The fraction of sp³-hybridized carbons (Fsp3) is 0.429. The van der Waals surface area contributed by atoms with E-state index in [9.17, 15) is 22.8 Å². The lowest BCUT2D eigenvalue weighted by Gasteiger charge is -2.07. The number of alkyl halides is 3. The van der Waals surface area contributed by atoms with Crippen LogP contribution in [0.25, 0.3) is 0 Å². The average molecular weight is 288 g/mol. The van der Waals surface area contributed by atoms with Gasteiger partial charge in [0.05, 0.1) is 18.6 Å². The van der Waals surface area contributed by atoms with E-state index < -0.39 is 17.7 Å². The fourth-order valence-corrected chi connectivity index (χ4v) is 1.49. The molecular weight excluding hydrogens is 273 g/mol. The molecule has 3 nitrogen and oxygen atoms in total. The van der Waals surface area contributed by atoms with Crippen molar-refractivity contribution in [1.82, 2.24) is 0 Å². The molecule has 6 heteroatoms. The van der Waals surface area contributed by atoms with Crippen LogP contribution in [0.2, 0.25) is 0 Å². The van der Waals surface area contributed by atoms with Gasteiger partial charge >= 0.3 is 12.1 Å². The van der Waals surface area contributed by atoms with E-state index in [0.717, 1.165) is 24.3 Å². The first kappa shape index (κ1) is 16.2. The summed E-state index contributed by atoms with van der Waals surface area (Å²) in [5, 5.41) is 0. The molecule has 1 rings (SSSR count). The number of hydrogen-bond acceptors (Lipinski definition) is 3. The molecule has 0 aliphatic heterocycles. The average Bonchev–Trinajstić information content (AvgIpc) is 2.41. The molecule has 20 heavy (non-hydrogen) atoms. The Balaban J connectivity index is 2.54. The number of Topliss-reactive ketones (excluding diaryl/α,β-unsaturated/α-hetero) is 1. The molecule has 0 radical (unpaired) electrons. The Kier molecular flexibility index (Phi) is 5.73. The van der Waals surface area contributed by atoms with Crippen LogP contribution in [-0.2, 0) is 15.7 Å². The number of carbonyl (C=O) groups is 2. The topological polar surface area (TPSA) is 43.4 Å². The van der Waals surface area contributed by atoms with Crippen LogP contribution in [-0.4, -0.2) is 18.4 Å². The van der Waals surface area contributed by atoms with Gasteiger partial charge in [-0.05, 0) is 18.6 Å². The second-order valence-electron chi connectivity index (χ2n) is 4.22. The van der Waals surface area contributed by atoms with Gasteiger partial charge < -0.3 is 4.74 Å². The maximum Gasteiger partial charge on any atom is 0.416 e. The lowest BCUT2D eigenvalue weighted by atomic mass is 10.0. The number of hydrogen-bond donors (Lipinski definition) is 0. The Morgan fingerprint density at radius 1 is 1.10 bits per heavy atom. The van der Waals surface area contributed by atoms with Crippen LogP contribution in [0.1, 0.15) is 42.1 Å². The standard InChI is InChI=1S/C14H15F3O3/c1-2-9-20-13(19)8-7-12(18)10-3-5-11(6-4-10)14(15,16)17/h3-6H,2,7-9H2,1H3. The zero-order valence-electron chi connectivity index (χ0n) is 11.0. The summed E-state index contributed by atoms with van der Waals surface area (Å²) in [6.45, 7) is 2.15. The van der Waals surface area contributed by atoms with Gasteiger partial charge in [0.15, 0.2) is 5.78 Å². The van der Waals surface area contributed by atoms with Gasteiger partial charge in [0.1, 0.15) is 0 Å². The van der Waals surface area contributed by atoms with Crippen LogP contribution in [0.5, 0.6) is 0 Å². The van der Waals surface area contributed by atoms with Crippen LogP contribution in [0.3, 0.4) is 0 Å². The lowest BCUT2D eigenvalue weighted by molar-refractivity contribution is -0.143. The molecule has 1 aromatic rings. The maximum atomic E-state index is 12.3. The maximum absolute atomic E-state index is 12.3. The van der Waals surface area contributed by atoms with Crippen molar-refractivity contribution in [2.24, 2.45) is 0 Å². The minimum Gasteiger partial charge on any atom is -0.466 e. The van der Waals surface area contributed by atoms with Gasteiger partial charge in [-0.15, -0.1) is 0 Å². The summed E-state index contributed by atoms with van der Waals surface area (Å²) in [4.78, 5) is 22.9. The van der Waals surface area contributed by atoms with E-state index in [1.54, 1.807) is 0 Å². The van der Waals surface area contributed by atoms with Gasteiger partial charge in [-0.1, -0.05) is 19.1 Å². The zero-order valence-corrected chi connectivity index (χ0v) is 11.0. The van der Waals surface area contributed by atoms with E-state index in [0.29, 0.717) is 13.0 Å². The van der Waals surface area contributed by atoms with Crippen molar-refractivity contribution in [3.8, 4) is 0 Å². The van der Waals surface area contributed by atoms with E-state index in [2.05, 4.69) is 0 Å². The number of benzene rings is 1. The van der Waals surface area contributed by atoms with Gasteiger partial charge in [-0.2, -0.15) is 13.2 Å². The molecule has 0 aliphatic rings. The van der Waals surface area contributed by atoms with E-state index in [1.807, 2.05) is 6.92 Å². The van der Waals surface area contributed by atoms with Crippen LogP contribution in [0.4, 0.5) is 13.2 Å². The molecule has 0 saturated carbocycles. The Bertz CT molecular complexity index is 464. The minimum absolute atomic E-state index is 0.0696. The molecule has 0 unspecified atom stereocenters. The van der Waals surface area contributed by atoms with Crippen LogP contribution in [0.15, 0.2) is 24.3 Å². The SMILES string of the molecule is CCCOC(=O)CCC(=O)c1ccc(C(F)(F)F)cc1. The molecule has 0 atom stereocenters. The molecule has 0 saturated heterocycles. The summed E-state index contributed by atoms with van der Waals surface area (Å²) in [6, 6.07) is 3.93. The van der Waals surface area contributed by atoms with Crippen LogP contribution >= 0.6 is 0 Å². The Morgan fingerprint density at radius 2 is 1.70 bits per heavy atom. The third kappa shape index (κ3) is 5.03. The second-order valence-corrected chi connectivity index (χ2v) is 4.22. The number of rotatable bonds is 6. The molecule has 0 N–H and O–H groups in total. The van der Waals surface area contributed by atoms with E-state index in [4.69, 9.17) is 4.74 Å². The van der Waals surface area contributed by atoms with Gasteiger partial charge in [0.25, 0.3) is 0 Å². The van der Waals surface area contributed by atoms with Crippen molar-refractivity contribution >= 4 is 11.8 Å². The molecule has 110 valence electrons. The highest BCUT2D eigenvalue weighted by Crippen LogP contribution is 2.29. The molecule has 0 fully saturated rings. The predicted molar refractivity (Wildman–Crippen MR) is 66.3 cm³/mol. The monoisotopic (exact) mass is 288 g/mol. The van der Waals surface area contributed by atoms with Crippen molar-refractivity contribution in [3.63, 3.8) is 0 Å². The number of ketones is 1. The van der Waals surface area contributed by atoms with E-state index in [-0.39, 0.29) is 24.2 Å². The molecule has 0 spiro atoms. The summed E-state index contributed by atoms with van der Waals surface area (Å²) >= 11 is 0.